The molecule has 4 heteroatoms. The normalized spacial score (nSPS) is 27.0. The molecular formula is C21H27NO3. The van der Waals surface area contributed by atoms with Crippen LogP contribution in [0, 0.1) is 18.4 Å². The summed E-state index contributed by atoms with van der Waals surface area (Å²) >= 11 is 0. The largest absolute Gasteiger partial charge is 0.496 e. The second-order valence-corrected chi connectivity index (χ2v) is 7.64. The maximum atomic E-state index is 11.2. The van der Waals surface area contributed by atoms with Gasteiger partial charge in [-0.05, 0) is 48.9 Å². The maximum Gasteiger partial charge on any atom is 0.306 e. The predicted molar refractivity (Wildman–Crippen MR) is 96.5 cm³/mol. The molecule has 1 N–H and O–H groups in total. The summed E-state index contributed by atoms with van der Waals surface area (Å²) in [7, 11) is 1.70. The van der Waals surface area contributed by atoms with Crippen LogP contribution >= 0.6 is 0 Å². The molecule has 134 valence electrons. The van der Waals surface area contributed by atoms with E-state index in [1.807, 2.05) is 12.1 Å². The van der Waals surface area contributed by atoms with Crippen molar-refractivity contribution in [1.82, 2.24) is 0 Å². The highest BCUT2D eigenvalue weighted by molar-refractivity contribution is 5.70. The lowest BCUT2D eigenvalue weighted by Gasteiger charge is -2.30. The van der Waals surface area contributed by atoms with Gasteiger partial charge in [0.25, 0.3) is 5.54 Å². The zero-order valence-corrected chi connectivity index (χ0v) is 15.0. The Bertz CT molecular complexity index is 662. The van der Waals surface area contributed by atoms with Gasteiger partial charge in [-0.25, -0.2) is 6.57 Å². The molecule has 1 aromatic rings. The van der Waals surface area contributed by atoms with E-state index in [-0.39, 0.29) is 5.92 Å². The van der Waals surface area contributed by atoms with E-state index in [1.165, 1.54) is 31.2 Å². The molecule has 0 bridgehead atoms. The van der Waals surface area contributed by atoms with E-state index in [2.05, 4.69) is 10.9 Å². The Morgan fingerprint density at radius 3 is 2.52 bits per heavy atom. The summed E-state index contributed by atoms with van der Waals surface area (Å²) in [6.45, 7) is 7.80. The van der Waals surface area contributed by atoms with Crippen molar-refractivity contribution in [2.24, 2.45) is 11.8 Å². The molecule has 0 radical (unpaired) electrons. The van der Waals surface area contributed by atoms with Crippen molar-refractivity contribution < 1.29 is 14.6 Å². The Morgan fingerprint density at radius 2 is 1.96 bits per heavy atom. The third kappa shape index (κ3) is 3.66. The Balaban J connectivity index is 1.85. The van der Waals surface area contributed by atoms with Crippen LogP contribution in [0.3, 0.4) is 0 Å². The fourth-order valence-electron chi connectivity index (χ4n) is 4.56. The number of ether oxygens (including phenoxy) is 1. The quantitative estimate of drug-likeness (QED) is 0.781. The fraction of sp³-hybridized carbons (Fsp3) is 0.619. The molecule has 0 unspecified atom stereocenters. The van der Waals surface area contributed by atoms with Crippen molar-refractivity contribution in [3.8, 4) is 5.75 Å². The molecular weight excluding hydrogens is 314 g/mol. The molecule has 0 saturated heterocycles. The van der Waals surface area contributed by atoms with E-state index in [9.17, 15) is 9.90 Å². The number of hydrogen-bond acceptors (Lipinski definition) is 2. The number of carboxylic acids is 1. The summed E-state index contributed by atoms with van der Waals surface area (Å²) in [5.41, 5.74) is 1.68. The van der Waals surface area contributed by atoms with Crippen LogP contribution in [-0.2, 0) is 16.8 Å². The van der Waals surface area contributed by atoms with Crippen molar-refractivity contribution in [3.63, 3.8) is 0 Å². The second-order valence-electron chi connectivity index (χ2n) is 7.64. The lowest BCUT2D eigenvalue weighted by Crippen LogP contribution is -2.31. The fourth-order valence-corrected chi connectivity index (χ4v) is 4.56. The summed E-state index contributed by atoms with van der Waals surface area (Å²) < 4.78 is 5.56. The summed E-state index contributed by atoms with van der Waals surface area (Å²) in [4.78, 5) is 15.2. The first-order chi connectivity index (χ1) is 12.1. The number of carboxylic acid groups (broad SMARTS) is 1. The van der Waals surface area contributed by atoms with Gasteiger partial charge in [0, 0.05) is 18.4 Å². The summed E-state index contributed by atoms with van der Waals surface area (Å²) in [5, 5.41) is 9.23. The molecule has 1 aromatic carbocycles. The number of hydrogen-bond donors (Lipinski definition) is 1. The number of benzene rings is 1. The van der Waals surface area contributed by atoms with Gasteiger partial charge in [0.1, 0.15) is 5.75 Å². The maximum absolute atomic E-state index is 11.2. The van der Waals surface area contributed by atoms with Crippen molar-refractivity contribution in [1.29, 1.82) is 0 Å². The minimum absolute atomic E-state index is 0.300. The molecule has 2 fully saturated rings. The molecule has 25 heavy (non-hydrogen) atoms. The van der Waals surface area contributed by atoms with Crippen LogP contribution in [0.2, 0.25) is 0 Å². The van der Waals surface area contributed by atoms with Crippen LogP contribution in [0.15, 0.2) is 18.2 Å². The van der Waals surface area contributed by atoms with Crippen molar-refractivity contribution >= 4 is 5.97 Å². The van der Waals surface area contributed by atoms with Crippen molar-refractivity contribution in [2.45, 2.75) is 63.3 Å². The Hall–Kier alpha value is -2.02. The van der Waals surface area contributed by atoms with Crippen LogP contribution < -0.4 is 4.74 Å². The van der Waals surface area contributed by atoms with E-state index >= 15 is 0 Å². The average molecular weight is 341 g/mol. The van der Waals surface area contributed by atoms with E-state index < -0.39 is 11.5 Å². The molecule has 2 aliphatic carbocycles. The first-order valence-electron chi connectivity index (χ1n) is 9.37. The molecule has 0 amide bonds. The highest BCUT2D eigenvalue weighted by Gasteiger charge is 2.44. The highest BCUT2D eigenvalue weighted by Crippen LogP contribution is 2.44. The molecule has 3 rings (SSSR count). The van der Waals surface area contributed by atoms with Gasteiger partial charge in [0.15, 0.2) is 0 Å². The molecule has 0 aliphatic heterocycles. The molecule has 2 saturated carbocycles. The zero-order chi connectivity index (χ0) is 17.9. The Morgan fingerprint density at radius 1 is 1.28 bits per heavy atom. The van der Waals surface area contributed by atoms with Gasteiger partial charge in [-0.1, -0.05) is 25.7 Å². The topological polar surface area (TPSA) is 50.9 Å². The van der Waals surface area contributed by atoms with Crippen LogP contribution in [0.25, 0.3) is 4.85 Å². The third-order valence-corrected chi connectivity index (χ3v) is 6.18. The molecule has 0 spiro atoms. The Labute approximate surface area is 150 Å². The number of rotatable bonds is 5. The van der Waals surface area contributed by atoms with Gasteiger partial charge in [-0.2, -0.15) is 0 Å². The van der Waals surface area contributed by atoms with E-state index in [4.69, 9.17) is 11.3 Å². The summed E-state index contributed by atoms with van der Waals surface area (Å²) in [6.07, 6.45) is 8.63. The van der Waals surface area contributed by atoms with Gasteiger partial charge in [-0.3, -0.25) is 4.79 Å². The number of methoxy groups -OCH3 is 1. The molecule has 4 nitrogen and oxygen atoms in total. The van der Waals surface area contributed by atoms with Crippen molar-refractivity contribution in [3.05, 3.63) is 40.7 Å². The first kappa shape index (κ1) is 17.8. The van der Waals surface area contributed by atoms with Crippen molar-refractivity contribution in [2.75, 3.05) is 7.11 Å². The molecule has 0 heterocycles. The van der Waals surface area contributed by atoms with E-state index in [0.717, 1.165) is 23.7 Å². The third-order valence-electron chi connectivity index (χ3n) is 6.18. The van der Waals surface area contributed by atoms with E-state index in [1.54, 1.807) is 7.11 Å². The van der Waals surface area contributed by atoms with Gasteiger partial charge < -0.3 is 14.7 Å². The minimum Gasteiger partial charge on any atom is -0.496 e. The smallest absolute Gasteiger partial charge is 0.306 e. The number of nitrogens with zero attached hydrogens (tertiary/aromatic N) is 1. The number of aliphatic carboxylic acids is 1. The lowest BCUT2D eigenvalue weighted by molar-refractivity contribution is -0.143. The Kier molecular flexibility index (Phi) is 5.32. The lowest BCUT2D eigenvalue weighted by atomic mass is 9.72. The van der Waals surface area contributed by atoms with Gasteiger partial charge in [0.05, 0.1) is 13.0 Å². The van der Waals surface area contributed by atoms with Gasteiger partial charge >= 0.3 is 5.97 Å². The molecule has 0 aromatic heterocycles. The standard InChI is InChI=1S/C21H27NO3/c1-22-21(11-9-16(10-12-21)20(23)24)18-7-8-19(25-2)17(14-18)13-15-5-3-4-6-15/h7-8,14-16H,3-6,9-13H2,2H3,(H,23,24). The van der Waals surface area contributed by atoms with Crippen LogP contribution in [0.5, 0.6) is 5.75 Å². The van der Waals surface area contributed by atoms with Crippen LogP contribution in [0.1, 0.15) is 62.5 Å². The average Bonchev–Trinajstić information content (AvgIpc) is 3.14. The van der Waals surface area contributed by atoms with Gasteiger partial charge in [0.2, 0.25) is 0 Å². The zero-order valence-electron chi connectivity index (χ0n) is 15.0. The summed E-state index contributed by atoms with van der Waals surface area (Å²) in [5.74, 6) is 0.604. The minimum atomic E-state index is -0.727. The van der Waals surface area contributed by atoms with Crippen LogP contribution in [0.4, 0.5) is 0 Å². The monoisotopic (exact) mass is 341 g/mol. The highest BCUT2D eigenvalue weighted by atomic mass is 16.5. The van der Waals surface area contributed by atoms with Crippen LogP contribution in [-0.4, -0.2) is 18.2 Å². The predicted octanol–water partition coefficient (Wildman–Crippen LogP) is 4.82. The molecule has 0 atom stereocenters. The first-order valence-corrected chi connectivity index (χ1v) is 9.37. The summed E-state index contributed by atoms with van der Waals surface area (Å²) in [6, 6.07) is 6.17. The SMILES string of the molecule is [C-]#[N+]C1(c2ccc(OC)c(CC3CCCC3)c2)CCC(C(=O)O)CC1. The number of carbonyl (C=O) groups is 1. The van der Waals surface area contributed by atoms with E-state index in [0.29, 0.717) is 25.7 Å². The second kappa shape index (κ2) is 7.47. The van der Waals surface area contributed by atoms with Gasteiger partial charge in [-0.15, -0.1) is 0 Å². The molecule has 2 aliphatic rings.